The van der Waals surface area contributed by atoms with E-state index in [2.05, 4.69) is 4.72 Å². The van der Waals surface area contributed by atoms with Crippen molar-refractivity contribution < 1.29 is 23.4 Å². The SMILES string of the molecule is Nc1cc2c(c(S(=O)(=O)NC(CO)CO)c1)OCCC2. The van der Waals surface area contributed by atoms with E-state index < -0.39 is 29.3 Å². The third kappa shape index (κ3) is 3.04. The van der Waals surface area contributed by atoms with E-state index in [1.165, 1.54) is 6.07 Å². The first-order chi connectivity index (χ1) is 9.47. The molecular weight excluding hydrogens is 284 g/mol. The Bertz CT molecular complexity index is 584. The van der Waals surface area contributed by atoms with Gasteiger partial charge in [-0.1, -0.05) is 0 Å². The lowest BCUT2D eigenvalue weighted by Gasteiger charge is -2.22. The summed E-state index contributed by atoms with van der Waals surface area (Å²) in [7, 11) is -3.92. The number of rotatable bonds is 5. The number of nitrogen functional groups attached to an aromatic ring is 1. The molecule has 0 saturated heterocycles. The first-order valence-electron chi connectivity index (χ1n) is 6.27. The van der Waals surface area contributed by atoms with Gasteiger partial charge in [0.1, 0.15) is 10.6 Å². The van der Waals surface area contributed by atoms with Gasteiger partial charge in [-0.15, -0.1) is 0 Å². The Morgan fingerprint density at radius 1 is 1.35 bits per heavy atom. The fourth-order valence-corrected chi connectivity index (χ4v) is 3.52. The lowest BCUT2D eigenvalue weighted by molar-refractivity contribution is 0.184. The maximum Gasteiger partial charge on any atom is 0.244 e. The number of hydrogen-bond acceptors (Lipinski definition) is 6. The van der Waals surface area contributed by atoms with E-state index in [-0.39, 0.29) is 4.90 Å². The highest BCUT2D eigenvalue weighted by Crippen LogP contribution is 2.34. The molecule has 0 amide bonds. The number of fused-ring (bicyclic) bond motifs is 1. The number of anilines is 1. The predicted octanol–water partition coefficient (Wildman–Crippen LogP) is -0.775. The third-order valence-corrected chi connectivity index (χ3v) is 4.57. The van der Waals surface area contributed by atoms with Crippen molar-refractivity contribution in [2.75, 3.05) is 25.6 Å². The molecule has 0 unspecified atom stereocenters. The number of ether oxygens (including phenoxy) is 1. The van der Waals surface area contributed by atoms with Crippen molar-refractivity contribution in [1.29, 1.82) is 0 Å². The normalized spacial score (nSPS) is 14.9. The van der Waals surface area contributed by atoms with E-state index in [1.54, 1.807) is 6.07 Å². The van der Waals surface area contributed by atoms with Crippen LogP contribution in [-0.2, 0) is 16.4 Å². The first-order valence-corrected chi connectivity index (χ1v) is 7.75. The molecule has 2 rings (SSSR count). The van der Waals surface area contributed by atoms with E-state index in [9.17, 15) is 8.42 Å². The molecule has 20 heavy (non-hydrogen) atoms. The second kappa shape index (κ2) is 5.96. The molecule has 1 aromatic rings. The Balaban J connectivity index is 2.43. The molecule has 1 aromatic carbocycles. The minimum absolute atomic E-state index is 0.0564. The average Bonchev–Trinajstić information content (AvgIpc) is 2.43. The highest BCUT2D eigenvalue weighted by Gasteiger charge is 2.27. The molecule has 0 aliphatic carbocycles. The highest BCUT2D eigenvalue weighted by atomic mass is 32.2. The molecule has 5 N–H and O–H groups in total. The fraction of sp³-hybridized carbons (Fsp3) is 0.500. The summed E-state index contributed by atoms with van der Waals surface area (Å²) < 4.78 is 32.3. The van der Waals surface area contributed by atoms with Gasteiger partial charge in [0.2, 0.25) is 10.0 Å². The minimum atomic E-state index is -3.92. The van der Waals surface area contributed by atoms with Gasteiger partial charge in [-0.05, 0) is 30.5 Å². The number of nitrogens with two attached hydrogens (primary N) is 1. The number of aliphatic hydroxyl groups excluding tert-OH is 2. The summed E-state index contributed by atoms with van der Waals surface area (Å²) in [6, 6.07) is 2.06. The van der Waals surface area contributed by atoms with Crippen LogP contribution in [-0.4, -0.2) is 44.5 Å². The molecule has 0 atom stereocenters. The van der Waals surface area contributed by atoms with Crippen molar-refractivity contribution in [2.45, 2.75) is 23.8 Å². The van der Waals surface area contributed by atoms with Gasteiger partial charge in [-0.3, -0.25) is 0 Å². The Morgan fingerprint density at radius 3 is 2.70 bits per heavy atom. The summed E-state index contributed by atoms with van der Waals surface area (Å²) in [6.07, 6.45) is 1.51. The van der Waals surface area contributed by atoms with Gasteiger partial charge in [-0.25, -0.2) is 13.1 Å². The van der Waals surface area contributed by atoms with Gasteiger partial charge in [0.25, 0.3) is 0 Å². The zero-order chi connectivity index (χ0) is 14.8. The molecule has 0 bridgehead atoms. The van der Waals surface area contributed by atoms with E-state index in [4.69, 9.17) is 20.7 Å². The van der Waals surface area contributed by atoms with Gasteiger partial charge in [0, 0.05) is 5.69 Å². The Labute approximate surface area is 117 Å². The maximum atomic E-state index is 12.3. The van der Waals surface area contributed by atoms with Crippen molar-refractivity contribution in [2.24, 2.45) is 0 Å². The largest absolute Gasteiger partial charge is 0.492 e. The second-order valence-electron chi connectivity index (χ2n) is 4.64. The quantitative estimate of drug-likeness (QED) is 0.530. The summed E-state index contributed by atoms with van der Waals surface area (Å²) in [5.41, 5.74) is 6.81. The maximum absolute atomic E-state index is 12.3. The van der Waals surface area contributed by atoms with Crippen LogP contribution in [0.2, 0.25) is 0 Å². The zero-order valence-corrected chi connectivity index (χ0v) is 11.7. The fourth-order valence-electron chi connectivity index (χ4n) is 2.08. The van der Waals surface area contributed by atoms with Crippen LogP contribution >= 0.6 is 0 Å². The Kier molecular flexibility index (Phi) is 4.48. The molecule has 0 fully saturated rings. The van der Waals surface area contributed by atoms with Crippen LogP contribution in [0.4, 0.5) is 5.69 Å². The van der Waals surface area contributed by atoms with Crippen LogP contribution in [0.25, 0.3) is 0 Å². The van der Waals surface area contributed by atoms with Crippen molar-refractivity contribution >= 4 is 15.7 Å². The van der Waals surface area contributed by atoms with Gasteiger partial charge in [0.15, 0.2) is 0 Å². The molecule has 0 radical (unpaired) electrons. The van der Waals surface area contributed by atoms with Gasteiger partial charge >= 0.3 is 0 Å². The summed E-state index contributed by atoms with van der Waals surface area (Å²) in [6.45, 7) is -0.551. The van der Waals surface area contributed by atoms with E-state index in [1.807, 2.05) is 0 Å². The molecule has 1 aliphatic heterocycles. The van der Waals surface area contributed by atoms with Gasteiger partial charge in [-0.2, -0.15) is 0 Å². The molecule has 0 saturated carbocycles. The highest BCUT2D eigenvalue weighted by molar-refractivity contribution is 7.89. The van der Waals surface area contributed by atoms with Crippen LogP contribution in [0.1, 0.15) is 12.0 Å². The van der Waals surface area contributed by atoms with Gasteiger partial charge in [0.05, 0.1) is 25.9 Å². The molecule has 0 aromatic heterocycles. The lowest BCUT2D eigenvalue weighted by atomic mass is 10.1. The van der Waals surface area contributed by atoms with Crippen LogP contribution in [0.5, 0.6) is 5.75 Å². The van der Waals surface area contributed by atoms with Crippen molar-refractivity contribution in [3.05, 3.63) is 17.7 Å². The smallest absolute Gasteiger partial charge is 0.244 e. The monoisotopic (exact) mass is 302 g/mol. The molecule has 8 heteroatoms. The van der Waals surface area contributed by atoms with Crippen molar-refractivity contribution in [3.8, 4) is 5.75 Å². The molecular formula is C12H18N2O5S. The number of nitrogens with one attached hydrogen (secondary N) is 1. The van der Waals surface area contributed by atoms with Crippen molar-refractivity contribution in [1.82, 2.24) is 4.72 Å². The third-order valence-electron chi connectivity index (χ3n) is 3.04. The van der Waals surface area contributed by atoms with E-state index in [0.717, 1.165) is 12.0 Å². The lowest BCUT2D eigenvalue weighted by Crippen LogP contribution is -2.40. The number of sulfonamides is 1. The summed E-state index contributed by atoms with van der Waals surface area (Å²) in [5, 5.41) is 18.0. The number of hydrogen-bond donors (Lipinski definition) is 4. The zero-order valence-electron chi connectivity index (χ0n) is 10.9. The number of benzene rings is 1. The summed E-state index contributed by atoms with van der Waals surface area (Å²) >= 11 is 0. The Hall–Kier alpha value is -1.35. The topological polar surface area (TPSA) is 122 Å². The van der Waals surface area contributed by atoms with Crippen LogP contribution in [0.15, 0.2) is 17.0 Å². The number of aryl methyl sites for hydroxylation is 1. The second-order valence-corrected chi connectivity index (χ2v) is 6.33. The first kappa shape index (κ1) is 15.0. The number of aliphatic hydroxyl groups is 2. The summed E-state index contributed by atoms with van der Waals surface area (Å²) in [5.74, 6) is 0.299. The van der Waals surface area contributed by atoms with Crippen LogP contribution in [0, 0.1) is 0 Å². The predicted molar refractivity (Wildman–Crippen MR) is 73.0 cm³/mol. The van der Waals surface area contributed by atoms with E-state index in [0.29, 0.717) is 24.5 Å². The average molecular weight is 302 g/mol. The van der Waals surface area contributed by atoms with E-state index >= 15 is 0 Å². The molecule has 1 heterocycles. The summed E-state index contributed by atoms with van der Waals surface area (Å²) in [4.78, 5) is -0.0564. The Morgan fingerprint density at radius 2 is 2.05 bits per heavy atom. The molecule has 0 spiro atoms. The standard InChI is InChI=1S/C12H18N2O5S/c13-9-4-8-2-1-3-19-12(8)11(5-9)20(17,18)14-10(6-15)7-16/h4-5,10,14-16H,1-3,6-7,13H2. The minimum Gasteiger partial charge on any atom is -0.492 e. The van der Waals surface area contributed by atoms with Gasteiger partial charge < -0.3 is 20.7 Å². The molecule has 7 nitrogen and oxygen atoms in total. The van der Waals surface area contributed by atoms with Crippen LogP contribution in [0.3, 0.4) is 0 Å². The molecule has 1 aliphatic rings. The van der Waals surface area contributed by atoms with Crippen LogP contribution < -0.4 is 15.2 Å². The molecule has 112 valence electrons. The van der Waals surface area contributed by atoms with Crippen molar-refractivity contribution in [3.63, 3.8) is 0 Å².